The van der Waals surface area contributed by atoms with Gasteiger partial charge in [0.05, 0.1) is 38.4 Å². The van der Waals surface area contributed by atoms with E-state index in [1.165, 1.54) is 24.3 Å². The predicted molar refractivity (Wildman–Crippen MR) is 135 cm³/mol. The van der Waals surface area contributed by atoms with Gasteiger partial charge in [-0.3, -0.25) is 14.0 Å². The molecule has 5 rings (SSSR count). The van der Waals surface area contributed by atoms with Crippen LogP contribution in [-0.2, 0) is 13.0 Å². The Balaban J connectivity index is 1.53. The Morgan fingerprint density at radius 1 is 1.06 bits per heavy atom. The molecule has 0 fully saturated rings. The number of fused-ring (bicyclic) bond motifs is 1. The van der Waals surface area contributed by atoms with Gasteiger partial charge in [0.25, 0.3) is 0 Å². The second kappa shape index (κ2) is 10.1. The standard InChI is InChI=1S/C24H27FN8O2S/c1-14(22-26-11-16(25)12-27-22)15(2)36-31-24-30-29-23(17-13-28-32-10-6-7-18(17)32)33(24)21-19(34-3)8-5-9-20(21)35-4/h5,8-9,11-15H,6-7,10H2,1-4H3,(H,30,31). The largest absolute Gasteiger partial charge is 0.494 e. The van der Waals surface area contributed by atoms with Crippen LogP contribution in [0.5, 0.6) is 11.5 Å². The molecule has 36 heavy (non-hydrogen) atoms. The molecule has 188 valence electrons. The Hall–Kier alpha value is -3.67. The van der Waals surface area contributed by atoms with Crippen LogP contribution in [0.2, 0.25) is 0 Å². The number of para-hydroxylation sites is 1. The molecule has 1 aromatic carbocycles. The molecular weight excluding hydrogens is 483 g/mol. The summed E-state index contributed by atoms with van der Waals surface area (Å²) in [6, 6.07) is 5.62. The second-order valence-corrected chi connectivity index (χ2v) is 9.68. The minimum Gasteiger partial charge on any atom is -0.494 e. The molecule has 0 bridgehead atoms. The fourth-order valence-corrected chi connectivity index (χ4v) is 5.00. The highest BCUT2D eigenvalue weighted by molar-refractivity contribution is 8.01. The predicted octanol–water partition coefficient (Wildman–Crippen LogP) is 4.28. The fourth-order valence-electron chi connectivity index (χ4n) is 4.25. The Kier molecular flexibility index (Phi) is 6.77. The maximum atomic E-state index is 13.3. The van der Waals surface area contributed by atoms with E-state index in [1.807, 2.05) is 47.5 Å². The van der Waals surface area contributed by atoms with Gasteiger partial charge < -0.3 is 9.47 Å². The molecule has 2 unspecified atom stereocenters. The average Bonchev–Trinajstić information content (AvgIpc) is 3.63. The number of hydrogen-bond donors (Lipinski definition) is 1. The van der Waals surface area contributed by atoms with Gasteiger partial charge in [0.1, 0.15) is 23.0 Å². The first-order valence-corrected chi connectivity index (χ1v) is 12.5. The number of benzene rings is 1. The number of aromatic nitrogens is 7. The zero-order valence-electron chi connectivity index (χ0n) is 20.5. The van der Waals surface area contributed by atoms with Gasteiger partial charge in [0, 0.05) is 23.4 Å². The lowest BCUT2D eigenvalue weighted by molar-refractivity contribution is 0.391. The van der Waals surface area contributed by atoms with Crippen LogP contribution in [0.25, 0.3) is 17.1 Å². The first kappa shape index (κ1) is 24.0. The van der Waals surface area contributed by atoms with Gasteiger partial charge in [-0.05, 0) is 36.9 Å². The molecule has 0 saturated heterocycles. The van der Waals surface area contributed by atoms with Crippen molar-refractivity contribution in [1.82, 2.24) is 34.5 Å². The van der Waals surface area contributed by atoms with Crippen molar-refractivity contribution < 1.29 is 13.9 Å². The molecule has 4 heterocycles. The fraction of sp³-hybridized carbons (Fsp3) is 0.375. The lowest BCUT2D eigenvalue weighted by Crippen LogP contribution is -2.15. The topological polar surface area (TPSA) is 105 Å². The van der Waals surface area contributed by atoms with E-state index >= 15 is 0 Å². The number of anilines is 1. The van der Waals surface area contributed by atoms with Gasteiger partial charge in [-0.1, -0.05) is 19.9 Å². The van der Waals surface area contributed by atoms with Crippen molar-refractivity contribution in [3.05, 3.63) is 54.1 Å². The highest BCUT2D eigenvalue weighted by Gasteiger charge is 2.28. The quantitative estimate of drug-likeness (QED) is 0.330. The highest BCUT2D eigenvalue weighted by atomic mass is 32.2. The maximum absolute atomic E-state index is 13.3. The van der Waals surface area contributed by atoms with Crippen molar-refractivity contribution in [2.24, 2.45) is 0 Å². The average molecular weight is 511 g/mol. The monoisotopic (exact) mass is 510 g/mol. The molecule has 0 amide bonds. The van der Waals surface area contributed by atoms with Gasteiger partial charge in [0.15, 0.2) is 11.6 Å². The zero-order chi connectivity index (χ0) is 25.2. The minimum atomic E-state index is -0.456. The van der Waals surface area contributed by atoms with Crippen molar-refractivity contribution in [3.63, 3.8) is 0 Å². The van der Waals surface area contributed by atoms with Crippen LogP contribution in [0, 0.1) is 5.82 Å². The van der Waals surface area contributed by atoms with Crippen molar-refractivity contribution in [1.29, 1.82) is 0 Å². The van der Waals surface area contributed by atoms with Gasteiger partial charge in [-0.2, -0.15) is 5.10 Å². The molecule has 1 aliphatic heterocycles. The number of aryl methyl sites for hydroxylation is 1. The number of nitrogens with zero attached hydrogens (tertiary/aromatic N) is 7. The van der Waals surface area contributed by atoms with E-state index in [0.29, 0.717) is 34.8 Å². The van der Waals surface area contributed by atoms with Crippen LogP contribution >= 0.6 is 11.9 Å². The Bertz CT molecular complexity index is 1330. The summed E-state index contributed by atoms with van der Waals surface area (Å²) in [6.45, 7) is 4.94. The highest BCUT2D eigenvalue weighted by Crippen LogP contribution is 2.39. The molecule has 1 aliphatic rings. The summed E-state index contributed by atoms with van der Waals surface area (Å²) >= 11 is 1.46. The Labute approximate surface area is 212 Å². The van der Waals surface area contributed by atoms with Gasteiger partial charge >= 0.3 is 0 Å². The van der Waals surface area contributed by atoms with Crippen molar-refractivity contribution in [2.45, 2.75) is 44.4 Å². The number of methoxy groups -OCH3 is 2. The van der Waals surface area contributed by atoms with Crippen molar-refractivity contribution in [3.8, 4) is 28.6 Å². The Morgan fingerprint density at radius 3 is 2.47 bits per heavy atom. The molecule has 1 N–H and O–H groups in total. The SMILES string of the molecule is COc1cccc(OC)c1-n1c(NSC(C)C(C)c2ncc(F)cn2)nnc1-c1cnn2c1CCC2. The van der Waals surface area contributed by atoms with E-state index < -0.39 is 5.82 Å². The van der Waals surface area contributed by atoms with Crippen molar-refractivity contribution >= 4 is 17.9 Å². The molecule has 10 nitrogen and oxygen atoms in total. The van der Waals surface area contributed by atoms with E-state index in [4.69, 9.17) is 9.47 Å². The van der Waals surface area contributed by atoms with Gasteiger partial charge in [-0.15, -0.1) is 10.2 Å². The molecule has 2 atom stereocenters. The first-order valence-electron chi connectivity index (χ1n) is 11.6. The molecule has 0 saturated carbocycles. The van der Waals surface area contributed by atoms with Gasteiger partial charge in [-0.25, -0.2) is 14.4 Å². The van der Waals surface area contributed by atoms with E-state index in [-0.39, 0.29) is 11.2 Å². The summed E-state index contributed by atoms with van der Waals surface area (Å²) in [5, 5.41) is 13.6. The van der Waals surface area contributed by atoms with Crippen LogP contribution < -0.4 is 14.2 Å². The summed E-state index contributed by atoms with van der Waals surface area (Å²) in [5.41, 5.74) is 2.74. The number of halogens is 1. The lowest BCUT2D eigenvalue weighted by atomic mass is 10.1. The molecule has 0 radical (unpaired) electrons. The third-order valence-electron chi connectivity index (χ3n) is 6.35. The normalized spacial score (nSPS) is 14.4. The number of nitrogens with one attached hydrogen (secondary N) is 1. The van der Waals surface area contributed by atoms with E-state index in [2.05, 4.69) is 30.0 Å². The summed E-state index contributed by atoms with van der Waals surface area (Å²) in [6.07, 6.45) is 6.18. The maximum Gasteiger partial charge on any atom is 0.239 e. The van der Waals surface area contributed by atoms with Crippen LogP contribution in [0.15, 0.2) is 36.8 Å². The smallest absolute Gasteiger partial charge is 0.239 e. The minimum absolute atomic E-state index is 0.0315. The Morgan fingerprint density at radius 2 is 1.78 bits per heavy atom. The molecular formula is C24H27FN8O2S. The van der Waals surface area contributed by atoms with Gasteiger partial charge in [0.2, 0.25) is 5.95 Å². The van der Waals surface area contributed by atoms with E-state index in [0.717, 1.165) is 30.6 Å². The van der Waals surface area contributed by atoms with Crippen LogP contribution in [0.3, 0.4) is 0 Å². The summed E-state index contributed by atoms with van der Waals surface area (Å²) in [4.78, 5) is 8.27. The lowest BCUT2D eigenvalue weighted by Gasteiger charge is -2.20. The van der Waals surface area contributed by atoms with Crippen molar-refractivity contribution in [2.75, 3.05) is 18.9 Å². The number of hydrogen-bond acceptors (Lipinski definition) is 9. The second-order valence-electron chi connectivity index (χ2n) is 8.50. The summed E-state index contributed by atoms with van der Waals surface area (Å²) in [7, 11) is 3.24. The molecule has 3 aromatic heterocycles. The molecule has 4 aromatic rings. The third kappa shape index (κ3) is 4.36. The van der Waals surface area contributed by atoms with Crippen LogP contribution in [0.4, 0.5) is 10.3 Å². The zero-order valence-corrected chi connectivity index (χ0v) is 21.3. The van der Waals surface area contributed by atoms with Crippen LogP contribution in [0.1, 0.15) is 37.7 Å². The van der Waals surface area contributed by atoms with Crippen LogP contribution in [-0.4, -0.2) is 54.0 Å². The third-order valence-corrected chi connectivity index (χ3v) is 7.43. The molecule has 12 heteroatoms. The summed E-state index contributed by atoms with van der Waals surface area (Å²) in [5.74, 6) is 2.46. The van der Waals surface area contributed by atoms with E-state index in [9.17, 15) is 4.39 Å². The first-order chi connectivity index (χ1) is 17.5. The molecule has 0 aliphatic carbocycles. The summed E-state index contributed by atoms with van der Waals surface area (Å²) < 4.78 is 32.0. The molecule has 0 spiro atoms. The number of ether oxygens (including phenoxy) is 2. The van der Waals surface area contributed by atoms with E-state index in [1.54, 1.807) is 14.2 Å². The number of rotatable bonds is 9.